The van der Waals surface area contributed by atoms with Crippen molar-refractivity contribution < 1.29 is 19.2 Å². The number of hydrogen-bond donors (Lipinski definition) is 1. The number of pyridine rings is 1. The molecular formula is C13H11ClFNO2. The summed E-state index contributed by atoms with van der Waals surface area (Å²) < 4.78 is 1.81. The van der Waals surface area contributed by atoms with E-state index in [1.807, 2.05) is 35.0 Å². The van der Waals surface area contributed by atoms with E-state index < -0.39 is 5.97 Å². The van der Waals surface area contributed by atoms with Crippen molar-refractivity contribution in [3.8, 4) is 0 Å². The Morgan fingerprint density at radius 3 is 2.72 bits per heavy atom. The average Bonchev–Trinajstić information content (AvgIpc) is 2.29. The predicted octanol–water partition coefficient (Wildman–Crippen LogP) is -0.622. The van der Waals surface area contributed by atoms with E-state index in [0.717, 1.165) is 5.56 Å². The molecule has 0 amide bonds. The molecule has 2 rings (SSSR count). The lowest BCUT2D eigenvalue weighted by Crippen LogP contribution is -3.00. The summed E-state index contributed by atoms with van der Waals surface area (Å²) >= 11 is 5.89. The van der Waals surface area contributed by atoms with E-state index >= 15 is 0 Å². The van der Waals surface area contributed by atoms with Gasteiger partial charge in [0.2, 0.25) is 0 Å². The minimum absolute atomic E-state index is 0. The van der Waals surface area contributed by atoms with Gasteiger partial charge in [-0.15, -0.1) is 0 Å². The summed E-state index contributed by atoms with van der Waals surface area (Å²) in [7, 11) is 0. The van der Waals surface area contributed by atoms with Crippen LogP contribution in [0.1, 0.15) is 15.9 Å². The fraction of sp³-hybridized carbons (Fsp3) is 0.0769. The van der Waals surface area contributed by atoms with Gasteiger partial charge in [0.25, 0.3) is 0 Å². The molecule has 0 fully saturated rings. The zero-order chi connectivity index (χ0) is 12.3. The van der Waals surface area contributed by atoms with Crippen LogP contribution < -0.4 is 9.27 Å². The molecule has 0 aliphatic rings. The van der Waals surface area contributed by atoms with Gasteiger partial charge in [-0.05, 0) is 18.2 Å². The first-order valence-electron chi connectivity index (χ1n) is 5.12. The molecule has 3 nitrogen and oxygen atoms in total. The third kappa shape index (κ3) is 3.53. The predicted molar refractivity (Wildman–Crippen MR) is 64.2 cm³/mol. The van der Waals surface area contributed by atoms with Crippen LogP contribution in [0.3, 0.4) is 0 Å². The van der Waals surface area contributed by atoms with Gasteiger partial charge in [0.1, 0.15) is 5.56 Å². The number of rotatable bonds is 3. The normalized spacial score (nSPS) is 9.61. The molecule has 94 valence electrons. The van der Waals surface area contributed by atoms with Gasteiger partial charge in [0.15, 0.2) is 18.9 Å². The zero-order valence-corrected chi connectivity index (χ0v) is 10.1. The summed E-state index contributed by atoms with van der Waals surface area (Å²) in [6.45, 7) is 0.599. The largest absolute Gasteiger partial charge is 1.00 e. The van der Waals surface area contributed by atoms with Crippen molar-refractivity contribution in [2.45, 2.75) is 6.54 Å². The van der Waals surface area contributed by atoms with Crippen LogP contribution in [-0.4, -0.2) is 11.1 Å². The zero-order valence-electron chi connectivity index (χ0n) is 9.38. The second-order valence-corrected chi connectivity index (χ2v) is 4.14. The number of halogens is 2. The topological polar surface area (TPSA) is 41.2 Å². The molecule has 1 heterocycles. The Morgan fingerprint density at radius 2 is 2.06 bits per heavy atom. The highest BCUT2D eigenvalue weighted by molar-refractivity contribution is 6.30. The van der Waals surface area contributed by atoms with Crippen LogP contribution >= 0.6 is 11.6 Å². The molecular weight excluding hydrogens is 257 g/mol. The molecule has 1 aromatic carbocycles. The first-order chi connectivity index (χ1) is 8.15. The van der Waals surface area contributed by atoms with Crippen molar-refractivity contribution in [1.29, 1.82) is 0 Å². The Balaban J connectivity index is 0.00000162. The number of aromatic nitrogens is 1. The minimum Gasteiger partial charge on any atom is -1.00 e. The van der Waals surface area contributed by atoms with E-state index in [0.29, 0.717) is 11.6 Å². The molecule has 0 saturated carbocycles. The fourth-order valence-corrected chi connectivity index (χ4v) is 1.81. The van der Waals surface area contributed by atoms with E-state index in [-0.39, 0.29) is 10.3 Å². The second-order valence-electron chi connectivity index (χ2n) is 3.70. The van der Waals surface area contributed by atoms with Crippen LogP contribution in [0.4, 0.5) is 0 Å². The number of carboxylic acids is 1. The number of carboxylic acid groups (broad SMARTS) is 1. The lowest BCUT2D eigenvalue weighted by Gasteiger charge is -1.99. The quantitative estimate of drug-likeness (QED) is 0.753. The van der Waals surface area contributed by atoms with Gasteiger partial charge in [-0.1, -0.05) is 23.7 Å². The van der Waals surface area contributed by atoms with Crippen LogP contribution in [0.5, 0.6) is 0 Å². The number of aromatic carboxylic acids is 1. The van der Waals surface area contributed by atoms with Gasteiger partial charge >= 0.3 is 5.97 Å². The van der Waals surface area contributed by atoms with Gasteiger partial charge in [-0.2, -0.15) is 4.57 Å². The lowest BCUT2D eigenvalue weighted by molar-refractivity contribution is -0.688. The number of benzene rings is 1. The summed E-state index contributed by atoms with van der Waals surface area (Å²) in [6.07, 6.45) is 3.43. The highest BCUT2D eigenvalue weighted by Crippen LogP contribution is 2.10. The van der Waals surface area contributed by atoms with Crippen LogP contribution in [-0.2, 0) is 6.54 Å². The van der Waals surface area contributed by atoms with Gasteiger partial charge in [0, 0.05) is 16.7 Å². The third-order valence-electron chi connectivity index (χ3n) is 2.36. The molecule has 18 heavy (non-hydrogen) atoms. The Morgan fingerprint density at radius 1 is 1.28 bits per heavy atom. The Bertz CT molecular complexity index is 560. The summed E-state index contributed by atoms with van der Waals surface area (Å²) in [4.78, 5) is 10.8. The highest BCUT2D eigenvalue weighted by atomic mass is 35.5. The monoisotopic (exact) mass is 267 g/mol. The lowest BCUT2D eigenvalue weighted by atomic mass is 10.2. The molecule has 0 aliphatic carbocycles. The first-order valence-corrected chi connectivity index (χ1v) is 5.50. The second kappa shape index (κ2) is 6.12. The van der Waals surface area contributed by atoms with E-state index in [9.17, 15) is 4.79 Å². The van der Waals surface area contributed by atoms with Crippen molar-refractivity contribution in [1.82, 2.24) is 0 Å². The summed E-state index contributed by atoms with van der Waals surface area (Å²) in [5.41, 5.74) is 1.31. The molecule has 0 spiro atoms. The molecule has 5 heteroatoms. The van der Waals surface area contributed by atoms with Crippen molar-refractivity contribution in [3.05, 3.63) is 64.9 Å². The standard InChI is InChI=1S/C13H10ClNO2.FH/c14-12-5-1-3-10(7-12)8-15-6-2-4-11(9-15)13(16)17;/h1-7,9H,8H2;1H. The van der Waals surface area contributed by atoms with E-state index in [2.05, 4.69) is 0 Å². The molecule has 1 aromatic heterocycles. The van der Waals surface area contributed by atoms with Crippen molar-refractivity contribution in [2.24, 2.45) is 0 Å². The van der Waals surface area contributed by atoms with Crippen LogP contribution in [0, 0.1) is 0 Å². The third-order valence-corrected chi connectivity index (χ3v) is 2.59. The molecule has 2 aromatic rings. The van der Waals surface area contributed by atoms with Gasteiger partial charge in [-0.25, -0.2) is 4.79 Å². The van der Waals surface area contributed by atoms with Crippen LogP contribution in [0.15, 0.2) is 48.8 Å². The smallest absolute Gasteiger partial charge is 0.341 e. The van der Waals surface area contributed by atoms with E-state index in [1.54, 1.807) is 18.3 Å². The fourth-order valence-electron chi connectivity index (χ4n) is 1.59. The molecule has 0 radical (unpaired) electrons. The Labute approximate surface area is 109 Å². The van der Waals surface area contributed by atoms with Crippen molar-refractivity contribution in [3.63, 3.8) is 0 Å². The molecule has 0 aliphatic heterocycles. The molecule has 0 unspecified atom stereocenters. The van der Waals surface area contributed by atoms with Gasteiger partial charge in [-0.3, -0.25) is 0 Å². The maximum absolute atomic E-state index is 10.8. The minimum atomic E-state index is -0.926. The summed E-state index contributed by atoms with van der Waals surface area (Å²) in [6, 6.07) is 10.8. The van der Waals surface area contributed by atoms with Crippen LogP contribution in [0.25, 0.3) is 0 Å². The van der Waals surface area contributed by atoms with Gasteiger partial charge < -0.3 is 9.81 Å². The molecule has 1 N–H and O–H groups in total. The van der Waals surface area contributed by atoms with Crippen LogP contribution in [0.2, 0.25) is 5.02 Å². The van der Waals surface area contributed by atoms with E-state index in [1.165, 1.54) is 0 Å². The maximum atomic E-state index is 10.8. The number of carbonyl (C=O) groups is 1. The average molecular weight is 268 g/mol. The Kier molecular flexibility index (Phi) is 4.80. The maximum Gasteiger partial charge on any atom is 0.341 e. The Hall–Kier alpha value is -1.94. The molecule has 0 saturated heterocycles. The van der Waals surface area contributed by atoms with Crippen molar-refractivity contribution >= 4 is 17.6 Å². The first kappa shape index (κ1) is 14.1. The van der Waals surface area contributed by atoms with Gasteiger partial charge in [0.05, 0.1) is 0 Å². The number of hydrogen-bond acceptors (Lipinski definition) is 1. The molecule has 0 atom stereocenters. The van der Waals surface area contributed by atoms with Crippen molar-refractivity contribution in [2.75, 3.05) is 0 Å². The number of nitrogens with zero attached hydrogens (tertiary/aromatic N) is 1. The summed E-state index contributed by atoms with van der Waals surface area (Å²) in [5, 5.41) is 9.56. The van der Waals surface area contributed by atoms with E-state index in [4.69, 9.17) is 16.7 Å². The highest BCUT2D eigenvalue weighted by Gasteiger charge is 2.09. The summed E-state index contributed by atoms with van der Waals surface area (Å²) in [5.74, 6) is -0.926. The molecule has 0 bridgehead atoms. The SMILES string of the molecule is O=C(O)c1ccc[n+](Cc2cccc(Cl)c2)c1.[F-].